The molecule has 2 heterocycles. The van der Waals surface area contributed by atoms with E-state index in [0.717, 1.165) is 49.8 Å². The number of likely N-dealkylation sites (tertiary alicyclic amines) is 2. The van der Waals surface area contributed by atoms with E-state index in [1.165, 1.54) is 4.90 Å². The fourth-order valence-corrected chi connectivity index (χ4v) is 4.94. The van der Waals surface area contributed by atoms with Gasteiger partial charge in [0.25, 0.3) is 0 Å². The molecule has 3 aliphatic rings. The van der Waals surface area contributed by atoms with Gasteiger partial charge >= 0.3 is 0 Å². The third-order valence-corrected chi connectivity index (χ3v) is 6.30. The number of carbonyl (C=O) groups is 3. The summed E-state index contributed by atoms with van der Waals surface area (Å²) in [6.07, 6.45) is 5.29. The van der Waals surface area contributed by atoms with Gasteiger partial charge in [0.15, 0.2) is 0 Å². The first-order valence-electron chi connectivity index (χ1n) is 9.89. The number of rotatable bonds is 4. The third kappa shape index (κ3) is 3.11. The lowest BCUT2D eigenvalue weighted by molar-refractivity contribution is -0.147. The first-order valence-corrected chi connectivity index (χ1v) is 9.89. The molecule has 3 fully saturated rings. The highest BCUT2D eigenvalue weighted by molar-refractivity contribution is 6.07. The molecule has 0 aromatic heterocycles. The number of hydrogen-bond donors (Lipinski definition) is 0. The average molecular weight is 370 g/mol. The number of hydrogen-bond acceptors (Lipinski definition) is 4. The van der Waals surface area contributed by atoms with Crippen molar-refractivity contribution in [1.82, 2.24) is 9.80 Å². The minimum Gasteiger partial charge on any atom is -0.496 e. The van der Waals surface area contributed by atoms with Gasteiger partial charge in [-0.1, -0.05) is 31.0 Å². The largest absolute Gasteiger partial charge is 0.496 e. The minimum absolute atomic E-state index is 0.0660. The Labute approximate surface area is 159 Å². The van der Waals surface area contributed by atoms with E-state index in [9.17, 15) is 14.4 Å². The van der Waals surface area contributed by atoms with Gasteiger partial charge in [-0.2, -0.15) is 0 Å². The molecule has 144 valence electrons. The van der Waals surface area contributed by atoms with Gasteiger partial charge in [0, 0.05) is 12.1 Å². The van der Waals surface area contributed by atoms with E-state index >= 15 is 0 Å². The molecule has 0 bridgehead atoms. The highest BCUT2D eigenvalue weighted by Crippen LogP contribution is 2.39. The molecule has 2 aliphatic heterocycles. The predicted molar refractivity (Wildman–Crippen MR) is 98.9 cm³/mol. The van der Waals surface area contributed by atoms with Crippen molar-refractivity contribution in [3.8, 4) is 5.75 Å². The van der Waals surface area contributed by atoms with Crippen molar-refractivity contribution >= 4 is 17.7 Å². The fourth-order valence-electron chi connectivity index (χ4n) is 4.94. The molecule has 2 saturated heterocycles. The van der Waals surface area contributed by atoms with Crippen molar-refractivity contribution in [3.05, 3.63) is 29.8 Å². The summed E-state index contributed by atoms with van der Waals surface area (Å²) in [5.41, 5.74) is 0.985. The Hall–Kier alpha value is -2.37. The minimum atomic E-state index is -0.206. The topological polar surface area (TPSA) is 66.9 Å². The molecule has 1 aromatic carbocycles. The second-order valence-electron chi connectivity index (χ2n) is 7.75. The number of para-hydroxylation sites is 1. The van der Waals surface area contributed by atoms with Crippen LogP contribution in [0, 0.1) is 11.8 Å². The molecular formula is C21H26N2O4. The van der Waals surface area contributed by atoms with Crippen LogP contribution in [-0.2, 0) is 14.4 Å². The normalized spacial score (nSPS) is 27.8. The lowest BCUT2D eigenvalue weighted by atomic mass is 9.81. The van der Waals surface area contributed by atoms with Crippen LogP contribution in [-0.4, -0.2) is 47.7 Å². The Balaban J connectivity index is 1.51. The van der Waals surface area contributed by atoms with Gasteiger partial charge in [-0.05, 0) is 31.7 Å². The Morgan fingerprint density at radius 3 is 2.37 bits per heavy atom. The predicted octanol–water partition coefficient (Wildman–Crippen LogP) is 2.53. The molecule has 0 radical (unpaired) electrons. The molecule has 1 aromatic rings. The van der Waals surface area contributed by atoms with E-state index in [-0.39, 0.29) is 42.1 Å². The maximum atomic E-state index is 13.0. The summed E-state index contributed by atoms with van der Waals surface area (Å²) in [4.78, 5) is 41.4. The third-order valence-electron chi connectivity index (χ3n) is 6.30. The van der Waals surface area contributed by atoms with Gasteiger partial charge in [0.1, 0.15) is 12.3 Å². The Kier molecular flexibility index (Phi) is 4.89. The number of methoxy groups -OCH3 is 1. The van der Waals surface area contributed by atoms with Crippen LogP contribution in [0.2, 0.25) is 0 Å². The zero-order valence-corrected chi connectivity index (χ0v) is 15.7. The number of benzene rings is 1. The molecule has 0 spiro atoms. The Bertz CT molecular complexity index is 738. The molecule has 3 unspecified atom stereocenters. The van der Waals surface area contributed by atoms with E-state index in [1.54, 1.807) is 12.0 Å². The second-order valence-corrected chi connectivity index (χ2v) is 7.75. The van der Waals surface area contributed by atoms with E-state index in [1.807, 2.05) is 24.3 Å². The second kappa shape index (κ2) is 7.33. The SMILES string of the molecule is COc1ccccc1C1CCCN1C(=O)CN1C(=O)C2CCCCC2C1=O. The molecular weight excluding hydrogens is 344 g/mol. The maximum absolute atomic E-state index is 13.0. The van der Waals surface area contributed by atoms with Gasteiger partial charge < -0.3 is 9.64 Å². The number of nitrogens with zero attached hydrogens (tertiary/aromatic N) is 2. The number of fused-ring (bicyclic) bond motifs is 1. The highest BCUT2D eigenvalue weighted by atomic mass is 16.5. The first kappa shape index (κ1) is 18.0. The van der Waals surface area contributed by atoms with Crippen molar-refractivity contribution in [3.63, 3.8) is 0 Å². The number of carbonyl (C=O) groups excluding carboxylic acids is 3. The zero-order valence-electron chi connectivity index (χ0n) is 15.7. The van der Waals surface area contributed by atoms with Crippen molar-refractivity contribution in [2.24, 2.45) is 11.8 Å². The molecule has 6 nitrogen and oxygen atoms in total. The summed E-state index contributed by atoms with van der Waals surface area (Å²) in [5.74, 6) is -0.0900. The molecule has 27 heavy (non-hydrogen) atoms. The zero-order chi connectivity index (χ0) is 19.0. The number of imide groups is 1. The quantitative estimate of drug-likeness (QED) is 0.764. The summed E-state index contributed by atoms with van der Waals surface area (Å²) < 4.78 is 5.46. The molecule has 6 heteroatoms. The first-order chi connectivity index (χ1) is 13.1. The van der Waals surface area contributed by atoms with E-state index in [0.29, 0.717) is 6.54 Å². The lowest BCUT2D eigenvalue weighted by Crippen LogP contribution is -2.43. The summed E-state index contributed by atoms with van der Waals surface area (Å²) in [6, 6.07) is 7.66. The van der Waals surface area contributed by atoms with E-state index < -0.39 is 0 Å². The lowest BCUT2D eigenvalue weighted by Gasteiger charge is -2.28. The highest BCUT2D eigenvalue weighted by Gasteiger charge is 2.49. The van der Waals surface area contributed by atoms with Crippen molar-refractivity contribution < 1.29 is 19.1 Å². The van der Waals surface area contributed by atoms with Crippen LogP contribution in [0.3, 0.4) is 0 Å². The van der Waals surface area contributed by atoms with Gasteiger partial charge in [0.2, 0.25) is 17.7 Å². The van der Waals surface area contributed by atoms with Crippen molar-refractivity contribution in [2.75, 3.05) is 20.2 Å². The fraction of sp³-hybridized carbons (Fsp3) is 0.571. The van der Waals surface area contributed by atoms with Crippen LogP contribution in [0.4, 0.5) is 0 Å². The van der Waals surface area contributed by atoms with E-state index in [4.69, 9.17) is 4.74 Å². The smallest absolute Gasteiger partial charge is 0.243 e. The summed E-state index contributed by atoms with van der Waals surface area (Å²) >= 11 is 0. The standard InChI is InChI=1S/C21H26N2O4/c1-27-18-11-5-4-9-16(18)17-10-6-12-22(17)19(24)13-23-20(25)14-7-2-3-8-15(14)21(23)26/h4-5,9,11,14-15,17H,2-3,6-8,10,12-13H2,1H3. The Morgan fingerprint density at radius 2 is 1.70 bits per heavy atom. The summed E-state index contributed by atoms with van der Waals surface area (Å²) in [6.45, 7) is 0.515. The van der Waals surface area contributed by atoms with Crippen LogP contribution >= 0.6 is 0 Å². The molecule has 3 amide bonds. The Morgan fingerprint density at radius 1 is 1.04 bits per heavy atom. The molecule has 3 atom stereocenters. The van der Waals surface area contributed by atoms with Crippen molar-refractivity contribution in [2.45, 2.75) is 44.6 Å². The summed E-state index contributed by atoms with van der Waals surface area (Å²) in [7, 11) is 1.63. The number of ether oxygens (including phenoxy) is 1. The van der Waals surface area contributed by atoms with Gasteiger partial charge in [-0.25, -0.2) is 0 Å². The van der Waals surface area contributed by atoms with Gasteiger partial charge in [0.05, 0.1) is 25.0 Å². The molecule has 0 N–H and O–H groups in total. The van der Waals surface area contributed by atoms with Gasteiger partial charge in [-0.3, -0.25) is 19.3 Å². The summed E-state index contributed by atoms with van der Waals surface area (Å²) in [5, 5.41) is 0. The van der Waals surface area contributed by atoms with Crippen LogP contribution in [0.15, 0.2) is 24.3 Å². The van der Waals surface area contributed by atoms with Crippen LogP contribution < -0.4 is 4.74 Å². The van der Waals surface area contributed by atoms with Crippen LogP contribution in [0.25, 0.3) is 0 Å². The van der Waals surface area contributed by atoms with Crippen LogP contribution in [0.5, 0.6) is 5.75 Å². The maximum Gasteiger partial charge on any atom is 0.243 e. The van der Waals surface area contributed by atoms with Crippen molar-refractivity contribution in [1.29, 1.82) is 0 Å². The molecule has 4 rings (SSSR count). The van der Waals surface area contributed by atoms with Crippen LogP contribution in [0.1, 0.15) is 50.1 Å². The average Bonchev–Trinajstić information content (AvgIpc) is 3.28. The van der Waals surface area contributed by atoms with E-state index in [2.05, 4.69) is 0 Å². The van der Waals surface area contributed by atoms with Gasteiger partial charge in [-0.15, -0.1) is 0 Å². The number of amides is 3. The molecule has 1 aliphatic carbocycles. The molecule has 1 saturated carbocycles. The monoisotopic (exact) mass is 370 g/mol.